The van der Waals surface area contributed by atoms with Crippen molar-refractivity contribution in [2.45, 2.75) is 38.0 Å². The number of hydrogen-bond donors (Lipinski definition) is 2. The lowest BCUT2D eigenvalue weighted by atomic mass is 9.83. The van der Waals surface area contributed by atoms with Gasteiger partial charge in [0.15, 0.2) is 0 Å². The van der Waals surface area contributed by atoms with Crippen molar-refractivity contribution in [3.8, 4) is 5.75 Å². The molecule has 0 unspecified atom stereocenters. The molecule has 1 fully saturated rings. The first-order valence-corrected chi connectivity index (χ1v) is 8.60. The minimum atomic E-state index is -0.494. The second-order valence-corrected chi connectivity index (χ2v) is 6.76. The van der Waals surface area contributed by atoms with Crippen molar-refractivity contribution in [2.75, 3.05) is 14.2 Å². The number of nitrogens with two attached hydrogens (primary N) is 1. The Balaban J connectivity index is 1.78. The van der Waals surface area contributed by atoms with Gasteiger partial charge in [-0.15, -0.1) is 0 Å². The van der Waals surface area contributed by atoms with E-state index >= 15 is 0 Å². The highest BCUT2D eigenvalue weighted by Crippen LogP contribution is 2.29. The Morgan fingerprint density at radius 3 is 2.92 bits per heavy atom. The summed E-state index contributed by atoms with van der Waals surface area (Å²) in [6, 6.07) is 7.42. The van der Waals surface area contributed by atoms with Crippen molar-refractivity contribution in [3.63, 3.8) is 0 Å². The van der Waals surface area contributed by atoms with Crippen molar-refractivity contribution in [1.29, 1.82) is 0 Å². The molecule has 0 spiro atoms. The van der Waals surface area contributed by atoms with Crippen molar-refractivity contribution >= 4 is 16.8 Å². The molecule has 2 aromatic rings. The van der Waals surface area contributed by atoms with Gasteiger partial charge in [0.25, 0.3) is 0 Å². The summed E-state index contributed by atoms with van der Waals surface area (Å²) in [4.78, 5) is 18.9. The van der Waals surface area contributed by atoms with Gasteiger partial charge in [0.1, 0.15) is 11.3 Å². The zero-order chi connectivity index (χ0) is 18.0. The van der Waals surface area contributed by atoms with Crippen LogP contribution < -0.4 is 10.5 Å². The van der Waals surface area contributed by atoms with Gasteiger partial charge in [-0.05, 0) is 37.0 Å². The number of aliphatic hydroxyl groups excluding tert-OH is 1. The van der Waals surface area contributed by atoms with E-state index in [0.29, 0.717) is 25.8 Å². The Bertz CT molecular complexity index is 765. The van der Waals surface area contributed by atoms with Crippen LogP contribution in [0.2, 0.25) is 0 Å². The first kappa shape index (κ1) is 17.6. The number of ether oxygens (including phenoxy) is 1. The maximum absolute atomic E-state index is 12.8. The number of benzene rings is 1. The summed E-state index contributed by atoms with van der Waals surface area (Å²) in [6.07, 6.45) is 3.04. The Labute approximate surface area is 147 Å². The number of carbonyl (C=O) groups excluding carboxylic acids is 1. The van der Waals surface area contributed by atoms with Crippen LogP contribution in [0.25, 0.3) is 10.9 Å². The second kappa shape index (κ2) is 7.37. The van der Waals surface area contributed by atoms with E-state index < -0.39 is 6.10 Å². The molecule has 1 aliphatic rings. The third kappa shape index (κ3) is 3.60. The molecule has 1 aromatic carbocycles. The Hall–Kier alpha value is -2.18. The molecule has 134 valence electrons. The van der Waals surface area contributed by atoms with Gasteiger partial charge in [0.05, 0.1) is 13.2 Å². The van der Waals surface area contributed by atoms with E-state index in [1.54, 1.807) is 18.2 Å². The van der Waals surface area contributed by atoms with Gasteiger partial charge in [0, 0.05) is 37.1 Å². The van der Waals surface area contributed by atoms with Gasteiger partial charge >= 0.3 is 0 Å². The fourth-order valence-corrected chi connectivity index (χ4v) is 3.57. The third-order valence-corrected chi connectivity index (χ3v) is 5.04. The van der Waals surface area contributed by atoms with Crippen LogP contribution in [0, 0.1) is 5.92 Å². The number of methoxy groups -OCH3 is 1. The number of amides is 1. The molecule has 3 atom stereocenters. The average Bonchev–Trinajstić information content (AvgIpc) is 2.63. The van der Waals surface area contributed by atoms with Crippen molar-refractivity contribution in [3.05, 3.63) is 36.0 Å². The summed E-state index contributed by atoms with van der Waals surface area (Å²) in [5.74, 6) is 0.682. The lowest BCUT2D eigenvalue weighted by Crippen LogP contribution is -2.45. The fourth-order valence-electron chi connectivity index (χ4n) is 3.57. The fraction of sp³-hybridized carbons (Fsp3) is 0.474. The monoisotopic (exact) mass is 343 g/mol. The van der Waals surface area contributed by atoms with Crippen LogP contribution in [0.1, 0.15) is 24.8 Å². The Kier molecular flexibility index (Phi) is 5.20. The Morgan fingerprint density at radius 1 is 1.40 bits per heavy atom. The molecular formula is C19H25N3O3. The number of aliphatic hydroxyl groups is 1. The van der Waals surface area contributed by atoms with E-state index in [0.717, 1.165) is 22.2 Å². The molecule has 1 aromatic heterocycles. The van der Waals surface area contributed by atoms with Crippen molar-refractivity contribution in [1.82, 2.24) is 9.88 Å². The summed E-state index contributed by atoms with van der Waals surface area (Å²) < 4.78 is 5.37. The molecule has 0 aliphatic heterocycles. The summed E-state index contributed by atoms with van der Waals surface area (Å²) in [6.45, 7) is 0.499. The Morgan fingerprint density at radius 2 is 2.20 bits per heavy atom. The summed E-state index contributed by atoms with van der Waals surface area (Å²) in [7, 11) is 3.44. The number of nitrogens with zero attached hydrogens (tertiary/aromatic N) is 2. The topological polar surface area (TPSA) is 88.7 Å². The highest BCUT2D eigenvalue weighted by atomic mass is 16.5. The number of hydrogen-bond acceptors (Lipinski definition) is 5. The molecule has 0 radical (unpaired) electrons. The zero-order valence-corrected chi connectivity index (χ0v) is 14.7. The maximum Gasteiger partial charge on any atom is 0.225 e. The highest BCUT2D eigenvalue weighted by Gasteiger charge is 2.32. The highest BCUT2D eigenvalue weighted by molar-refractivity contribution is 5.88. The van der Waals surface area contributed by atoms with Gasteiger partial charge in [-0.25, -0.2) is 0 Å². The molecule has 1 heterocycles. The second-order valence-electron chi connectivity index (χ2n) is 6.76. The predicted octanol–water partition coefficient (Wildman–Crippen LogP) is 1.69. The molecule has 3 rings (SSSR count). The summed E-state index contributed by atoms with van der Waals surface area (Å²) in [5, 5.41) is 10.7. The largest absolute Gasteiger partial charge is 0.494 e. The first-order chi connectivity index (χ1) is 12.0. The van der Waals surface area contributed by atoms with Gasteiger partial charge in [-0.2, -0.15) is 0 Å². The SMILES string of the molecule is COc1ccc(CN(C)C(=O)[C@H]2CC[C@@H](O)[C@H](N)C2)c2cccnc12. The van der Waals surface area contributed by atoms with E-state index in [2.05, 4.69) is 4.98 Å². The van der Waals surface area contributed by atoms with Crippen LogP contribution in [0.5, 0.6) is 5.75 Å². The van der Waals surface area contributed by atoms with E-state index in [1.165, 1.54) is 0 Å². The molecule has 1 amide bonds. The lowest BCUT2D eigenvalue weighted by molar-refractivity contribution is -0.136. The molecule has 1 saturated carbocycles. The first-order valence-electron chi connectivity index (χ1n) is 8.60. The average molecular weight is 343 g/mol. The lowest BCUT2D eigenvalue weighted by Gasteiger charge is -2.32. The van der Waals surface area contributed by atoms with Crippen LogP contribution in [0.15, 0.2) is 30.5 Å². The summed E-state index contributed by atoms with van der Waals surface area (Å²) in [5.41, 5.74) is 7.75. The van der Waals surface area contributed by atoms with Gasteiger partial charge in [-0.3, -0.25) is 9.78 Å². The van der Waals surface area contributed by atoms with E-state index in [-0.39, 0.29) is 17.9 Å². The number of rotatable bonds is 4. The number of carbonyl (C=O) groups is 1. The molecular weight excluding hydrogens is 318 g/mol. The molecule has 1 aliphatic carbocycles. The molecule has 0 bridgehead atoms. The van der Waals surface area contributed by atoms with Crippen LogP contribution in [-0.2, 0) is 11.3 Å². The van der Waals surface area contributed by atoms with E-state index in [1.807, 2.05) is 31.3 Å². The van der Waals surface area contributed by atoms with Gasteiger partial charge in [-0.1, -0.05) is 12.1 Å². The van der Waals surface area contributed by atoms with Crippen LogP contribution in [0.3, 0.4) is 0 Å². The zero-order valence-electron chi connectivity index (χ0n) is 14.7. The van der Waals surface area contributed by atoms with E-state index in [4.69, 9.17) is 10.5 Å². The molecule has 25 heavy (non-hydrogen) atoms. The summed E-state index contributed by atoms with van der Waals surface area (Å²) >= 11 is 0. The maximum atomic E-state index is 12.8. The molecule has 6 nitrogen and oxygen atoms in total. The normalized spacial score (nSPS) is 23.4. The van der Waals surface area contributed by atoms with E-state index in [9.17, 15) is 9.90 Å². The predicted molar refractivity (Wildman–Crippen MR) is 96.1 cm³/mol. The van der Waals surface area contributed by atoms with Gasteiger partial charge in [0.2, 0.25) is 5.91 Å². The minimum Gasteiger partial charge on any atom is -0.494 e. The van der Waals surface area contributed by atoms with Crippen LogP contribution in [0.4, 0.5) is 0 Å². The van der Waals surface area contributed by atoms with Crippen LogP contribution in [-0.4, -0.2) is 47.2 Å². The quantitative estimate of drug-likeness (QED) is 0.882. The number of aromatic nitrogens is 1. The molecule has 0 saturated heterocycles. The third-order valence-electron chi connectivity index (χ3n) is 5.04. The van der Waals surface area contributed by atoms with Crippen molar-refractivity contribution in [2.24, 2.45) is 11.7 Å². The minimum absolute atomic E-state index is 0.0789. The number of pyridine rings is 1. The van der Waals surface area contributed by atoms with Crippen LogP contribution >= 0.6 is 0 Å². The molecule has 3 N–H and O–H groups in total. The van der Waals surface area contributed by atoms with Crippen molar-refractivity contribution < 1.29 is 14.6 Å². The molecule has 6 heteroatoms. The number of fused-ring (bicyclic) bond motifs is 1. The van der Waals surface area contributed by atoms with Gasteiger partial charge < -0.3 is 20.5 Å². The standard InChI is InChI=1S/C19H25N3O3/c1-22(19(24)12-5-7-16(23)15(20)10-12)11-13-6-8-17(25-2)18-14(13)4-3-9-21-18/h3-4,6,8-9,12,15-16,23H,5,7,10-11,20H2,1-2H3/t12-,15+,16+/m0/s1. The smallest absolute Gasteiger partial charge is 0.225 e.